The molecule has 1 fully saturated rings. The first-order valence-electron chi connectivity index (χ1n) is 7.03. The molecule has 1 aromatic rings. The molecule has 1 heterocycles. The predicted molar refractivity (Wildman–Crippen MR) is 81.8 cm³/mol. The molecule has 1 amide bonds. The molecule has 2 N–H and O–H groups in total. The Morgan fingerprint density at radius 1 is 1.55 bits per heavy atom. The van der Waals surface area contributed by atoms with E-state index in [1.165, 1.54) is 24.2 Å². The quantitative estimate of drug-likeness (QED) is 0.841. The van der Waals surface area contributed by atoms with Gasteiger partial charge in [0.05, 0.1) is 16.4 Å². The minimum Gasteiger partial charge on any atom is -0.395 e. The molecule has 0 saturated heterocycles. The molecule has 2 rings (SSSR count). The van der Waals surface area contributed by atoms with Crippen LogP contribution in [0.15, 0.2) is 12.1 Å². The van der Waals surface area contributed by atoms with E-state index < -0.39 is 0 Å². The van der Waals surface area contributed by atoms with Gasteiger partial charge in [-0.05, 0) is 30.4 Å². The smallest absolute Gasteiger partial charge is 0.261 e. The summed E-state index contributed by atoms with van der Waals surface area (Å²) in [6.07, 6.45) is 3.88. The number of aliphatic hydroxyl groups is 1. The molecule has 1 aliphatic carbocycles. The third-order valence-electron chi connectivity index (χ3n) is 3.84. The van der Waals surface area contributed by atoms with Crippen LogP contribution in [0.2, 0.25) is 0 Å². The van der Waals surface area contributed by atoms with E-state index in [0.29, 0.717) is 11.3 Å². The van der Waals surface area contributed by atoms with E-state index in [4.69, 9.17) is 5.11 Å². The third-order valence-corrected chi connectivity index (χ3v) is 4.84. The zero-order valence-electron chi connectivity index (χ0n) is 12.0. The Kier molecular flexibility index (Phi) is 4.85. The molecule has 1 saturated carbocycles. The highest BCUT2D eigenvalue weighted by Gasteiger charge is 2.35. The van der Waals surface area contributed by atoms with Crippen molar-refractivity contribution in [1.82, 2.24) is 5.32 Å². The molecule has 1 unspecified atom stereocenters. The average Bonchev–Trinajstić information content (AvgIpc) is 2.98. The Hall–Kier alpha value is -1.31. The summed E-state index contributed by atoms with van der Waals surface area (Å²) in [4.78, 5) is 13.8. The summed E-state index contributed by atoms with van der Waals surface area (Å²) in [7, 11) is 0. The molecule has 4 heteroatoms. The van der Waals surface area contributed by atoms with Gasteiger partial charge in [0.1, 0.15) is 0 Å². The molecule has 1 aromatic heterocycles. The van der Waals surface area contributed by atoms with Gasteiger partial charge in [0.15, 0.2) is 0 Å². The van der Waals surface area contributed by atoms with Gasteiger partial charge < -0.3 is 10.4 Å². The number of hydrogen-bond donors (Lipinski definition) is 2. The Morgan fingerprint density at radius 2 is 2.35 bits per heavy atom. The Labute approximate surface area is 124 Å². The van der Waals surface area contributed by atoms with Crippen LogP contribution in [-0.4, -0.2) is 23.7 Å². The van der Waals surface area contributed by atoms with E-state index in [9.17, 15) is 4.79 Å². The minimum absolute atomic E-state index is 0.00480. The molecular weight excluding hydrogens is 270 g/mol. The summed E-state index contributed by atoms with van der Waals surface area (Å²) in [5.41, 5.74) is 0.191. The van der Waals surface area contributed by atoms with Gasteiger partial charge in [-0.2, -0.15) is 0 Å². The fourth-order valence-electron chi connectivity index (χ4n) is 2.56. The maximum atomic E-state index is 12.2. The first-order valence-corrected chi connectivity index (χ1v) is 7.85. The largest absolute Gasteiger partial charge is 0.395 e. The highest BCUT2D eigenvalue weighted by molar-refractivity contribution is 7.14. The summed E-state index contributed by atoms with van der Waals surface area (Å²) >= 11 is 1.41. The lowest BCUT2D eigenvalue weighted by atomic mass is 9.87. The van der Waals surface area contributed by atoms with Crippen LogP contribution >= 0.6 is 11.3 Å². The molecular formula is C16H21NO2S. The molecule has 108 valence electrons. The van der Waals surface area contributed by atoms with Crippen molar-refractivity contribution in [3.05, 3.63) is 21.9 Å². The van der Waals surface area contributed by atoms with Crippen molar-refractivity contribution < 1.29 is 9.90 Å². The van der Waals surface area contributed by atoms with E-state index >= 15 is 0 Å². The number of carbonyl (C=O) groups excluding carboxylic acids is 1. The molecule has 20 heavy (non-hydrogen) atoms. The van der Waals surface area contributed by atoms with E-state index in [-0.39, 0.29) is 24.0 Å². The Morgan fingerprint density at radius 3 is 3.00 bits per heavy atom. The maximum absolute atomic E-state index is 12.2. The second kappa shape index (κ2) is 6.43. The summed E-state index contributed by atoms with van der Waals surface area (Å²) < 4.78 is 0. The Bertz CT molecular complexity index is 536. The van der Waals surface area contributed by atoms with E-state index in [0.717, 1.165) is 11.3 Å². The lowest BCUT2D eigenvalue weighted by molar-refractivity contribution is 0.0914. The van der Waals surface area contributed by atoms with Crippen molar-refractivity contribution in [2.75, 3.05) is 6.61 Å². The number of amides is 1. The van der Waals surface area contributed by atoms with Crippen molar-refractivity contribution in [3.8, 4) is 11.8 Å². The molecule has 0 aromatic carbocycles. The molecule has 1 aliphatic rings. The van der Waals surface area contributed by atoms with Crippen molar-refractivity contribution in [1.29, 1.82) is 0 Å². The highest BCUT2D eigenvalue weighted by Crippen LogP contribution is 2.37. The van der Waals surface area contributed by atoms with Gasteiger partial charge in [-0.1, -0.05) is 32.1 Å². The van der Waals surface area contributed by atoms with Crippen molar-refractivity contribution >= 4 is 17.2 Å². The second-order valence-electron chi connectivity index (χ2n) is 5.85. The van der Waals surface area contributed by atoms with Crippen molar-refractivity contribution in [2.24, 2.45) is 5.41 Å². The van der Waals surface area contributed by atoms with Gasteiger partial charge in [0.2, 0.25) is 0 Å². The predicted octanol–water partition coefficient (Wildman–Crippen LogP) is 2.79. The van der Waals surface area contributed by atoms with Gasteiger partial charge in [-0.25, -0.2) is 0 Å². The van der Waals surface area contributed by atoms with Crippen molar-refractivity contribution in [2.45, 2.75) is 45.6 Å². The lowest BCUT2D eigenvalue weighted by Gasteiger charge is -2.27. The summed E-state index contributed by atoms with van der Waals surface area (Å²) in [6.45, 7) is 4.50. The van der Waals surface area contributed by atoms with Crippen LogP contribution in [0.5, 0.6) is 0 Å². The molecule has 0 bridgehead atoms. The van der Waals surface area contributed by atoms with Gasteiger partial charge in [-0.15, -0.1) is 11.3 Å². The standard InChI is InChI=1S/C16H21NO2S/c1-16(2)10-5-7-14(16)17-15(19)13-9-8-12(20-13)6-3-4-11-18/h8-9,14,18H,4-5,7,10-11H2,1-2H3,(H,17,19). The molecule has 1 atom stereocenters. The number of carbonyl (C=O) groups is 1. The molecule has 0 spiro atoms. The maximum Gasteiger partial charge on any atom is 0.261 e. The molecule has 0 aliphatic heterocycles. The van der Waals surface area contributed by atoms with E-state index in [1.807, 2.05) is 12.1 Å². The average molecular weight is 291 g/mol. The number of rotatable bonds is 3. The summed E-state index contributed by atoms with van der Waals surface area (Å²) in [5, 5.41) is 11.8. The van der Waals surface area contributed by atoms with Crippen LogP contribution in [0, 0.1) is 17.3 Å². The zero-order chi connectivity index (χ0) is 14.6. The topological polar surface area (TPSA) is 49.3 Å². The van der Waals surface area contributed by atoms with Crippen molar-refractivity contribution in [3.63, 3.8) is 0 Å². The van der Waals surface area contributed by atoms with E-state index in [1.54, 1.807) is 0 Å². The lowest BCUT2D eigenvalue weighted by Crippen LogP contribution is -2.41. The normalized spacial score (nSPS) is 20.2. The molecule has 3 nitrogen and oxygen atoms in total. The van der Waals surface area contributed by atoms with Crippen LogP contribution < -0.4 is 5.32 Å². The monoisotopic (exact) mass is 291 g/mol. The number of nitrogens with one attached hydrogen (secondary N) is 1. The van der Waals surface area contributed by atoms with Crippen LogP contribution in [0.3, 0.4) is 0 Å². The number of aliphatic hydroxyl groups excluding tert-OH is 1. The fourth-order valence-corrected chi connectivity index (χ4v) is 3.34. The summed E-state index contributed by atoms with van der Waals surface area (Å²) in [6, 6.07) is 3.95. The van der Waals surface area contributed by atoms with Crippen LogP contribution in [0.4, 0.5) is 0 Å². The van der Waals surface area contributed by atoms with Gasteiger partial charge in [0.25, 0.3) is 5.91 Å². The Balaban J connectivity index is 1.98. The second-order valence-corrected chi connectivity index (χ2v) is 6.93. The third kappa shape index (κ3) is 3.62. The molecule has 0 radical (unpaired) electrons. The minimum atomic E-state index is 0.00480. The van der Waals surface area contributed by atoms with Crippen LogP contribution in [0.1, 0.15) is 54.1 Å². The van der Waals surface area contributed by atoms with E-state index in [2.05, 4.69) is 31.0 Å². The fraction of sp³-hybridized carbons (Fsp3) is 0.562. The first-order chi connectivity index (χ1) is 9.53. The van der Waals surface area contributed by atoms with Crippen LogP contribution in [0.25, 0.3) is 0 Å². The first kappa shape index (κ1) is 15.1. The van der Waals surface area contributed by atoms with Crippen LogP contribution in [-0.2, 0) is 0 Å². The van der Waals surface area contributed by atoms with Gasteiger partial charge in [-0.3, -0.25) is 4.79 Å². The SMILES string of the molecule is CC1(C)CCCC1NC(=O)c1ccc(C#CCCO)s1. The van der Waals surface area contributed by atoms with Gasteiger partial charge >= 0.3 is 0 Å². The summed E-state index contributed by atoms with van der Waals surface area (Å²) in [5.74, 6) is 5.83. The number of hydrogen-bond acceptors (Lipinski definition) is 3. The zero-order valence-corrected chi connectivity index (χ0v) is 12.8. The van der Waals surface area contributed by atoms with Gasteiger partial charge in [0, 0.05) is 12.5 Å². The highest BCUT2D eigenvalue weighted by atomic mass is 32.1. The number of thiophene rings is 1.